The van der Waals surface area contributed by atoms with Gasteiger partial charge in [-0.2, -0.15) is 0 Å². The molecule has 1 amide bonds. The summed E-state index contributed by atoms with van der Waals surface area (Å²) in [5.74, 6) is -0.434. The average Bonchev–Trinajstić information content (AvgIpc) is 2.64. The highest BCUT2D eigenvalue weighted by Crippen LogP contribution is 2.14. The number of nitrogens with one attached hydrogen (secondary N) is 2. The number of rotatable bonds is 8. The third-order valence-electron chi connectivity index (χ3n) is 3.56. The predicted octanol–water partition coefficient (Wildman–Crippen LogP) is 2.01. The van der Waals surface area contributed by atoms with Crippen molar-refractivity contribution in [3.8, 4) is 0 Å². The van der Waals surface area contributed by atoms with Crippen LogP contribution in [-0.4, -0.2) is 32.3 Å². The van der Waals surface area contributed by atoms with Crippen molar-refractivity contribution in [1.29, 1.82) is 0 Å². The molecule has 2 aromatic carbocycles. The van der Waals surface area contributed by atoms with Gasteiger partial charge in [0.25, 0.3) is 5.69 Å². The van der Waals surface area contributed by atoms with Gasteiger partial charge in [0.1, 0.15) is 0 Å². The van der Waals surface area contributed by atoms with E-state index in [1.807, 2.05) is 6.92 Å². The zero-order valence-corrected chi connectivity index (χ0v) is 15.4. The van der Waals surface area contributed by atoms with Gasteiger partial charge in [-0.15, -0.1) is 0 Å². The van der Waals surface area contributed by atoms with Gasteiger partial charge in [0.05, 0.1) is 9.82 Å². The Morgan fingerprint density at radius 1 is 1.15 bits per heavy atom. The van der Waals surface area contributed by atoms with Gasteiger partial charge in [-0.3, -0.25) is 14.9 Å². The molecule has 2 N–H and O–H groups in total. The number of hydrogen-bond donors (Lipinski definition) is 2. The number of nitrogens with zero attached hydrogens (tertiary/aromatic N) is 1. The average molecular weight is 389 g/mol. The lowest BCUT2D eigenvalue weighted by molar-refractivity contribution is -0.384. The Balaban J connectivity index is 1.81. The highest BCUT2D eigenvalue weighted by Gasteiger charge is 2.12. The fourth-order valence-electron chi connectivity index (χ4n) is 2.14. The molecule has 2 aromatic rings. The molecule has 0 saturated heterocycles. The van der Waals surface area contributed by atoms with Crippen LogP contribution in [0, 0.1) is 17.0 Å². The number of amides is 1. The number of hydrogen-bond acceptors (Lipinski definition) is 5. The van der Waals surface area contributed by atoms with Crippen molar-refractivity contribution in [3.63, 3.8) is 0 Å². The van der Waals surface area contributed by atoms with E-state index >= 15 is 0 Å². The Kier molecular flexibility index (Phi) is 6.80. The number of benzene rings is 2. The molecule has 0 spiro atoms. The first-order chi connectivity index (χ1) is 12.8. The van der Waals surface area contributed by atoms with Crippen LogP contribution in [0.4, 0.5) is 5.69 Å². The number of nitro benzene ring substituents is 1. The van der Waals surface area contributed by atoms with Crippen LogP contribution >= 0.6 is 0 Å². The van der Waals surface area contributed by atoms with Gasteiger partial charge in [0.15, 0.2) is 0 Å². The molecule has 0 heterocycles. The second kappa shape index (κ2) is 9.06. The molecule has 8 nitrogen and oxygen atoms in total. The van der Waals surface area contributed by atoms with E-state index in [9.17, 15) is 23.3 Å². The van der Waals surface area contributed by atoms with Crippen molar-refractivity contribution in [2.45, 2.75) is 11.8 Å². The number of carbonyl (C=O) groups excluding carboxylic acids is 1. The smallest absolute Gasteiger partial charge is 0.270 e. The Bertz CT molecular complexity index is 953. The first kappa shape index (κ1) is 20.3. The third-order valence-corrected chi connectivity index (χ3v) is 5.03. The van der Waals surface area contributed by atoms with Crippen LogP contribution in [0.3, 0.4) is 0 Å². The van der Waals surface area contributed by atoms with Crippen LogP contribution in [0.25, 0.3) is 6.08 Å². The predicted molar refractivity (Wildman–Crippen MR) is 102 cm³/mol. The minimum absolute atomic E-state index is 0.0343. The molecule has 0 bridgehead atoms. The molecule has 0 atom stereocenters. The Morgan fingerprint density at radius 3 is 2.52 bits per heavy atom. The Labute approximate surface area is 157 Å². The molecule has 0 saturated carbocycles. The Hall–Kier alpha value is -3.04. The van der Waals surface area contributed by atoms with E-state index in [1.165, 1.54) is 42.5 Å². The SMILES string of the molecule is Cc1ccc(S(=O)(=O)NCCNC(=O)/C=C/c2cccc([N+](=O)[O-])c2)cc1. The van der Waals surface area contributed by atoms with Crippen LogP contribution in [-0.2, 0) is 14.8 Å². The summed E-state index contributed by atoms with van der Waals surface area (Å²) in [4.78, 5) is 22.1. The number of non-ortho nitro benzene ring substituents is 1. The van der Waals surface area contributed by atoms with Crippen molar-refractivity contribution < 1.29 is 18.1 Å². The van der Waals surface area contributed by atoms with Gasteiger partial charge in [-0.1, -0.05) is 29.8 Å². The first-order valence-corrected chi connectivity index (χ1v) is 9.53. The molecule has 9 heteroatoms. The topological polar surface area (TPSA) is 118 Å². The van der Waals surface area contributed by atoms with E-state index in [0.717, 1.165) is 5.56 Å². The number of carbonyl (C=O) groups is 1. The molecule has 0 unspecified atom stereocenters. The lowest BCUT2D eigenvalue weighted by atomic mass is 10.2. The van der Waals surface area contributed by atoms with Crippen molar-refractivity contribution in [1.82, 2.24) is 10.0 Å². The molecule has 0 radical (unpaired) electrons. The third kappa shape index (κ3) is 6.32. The number of sulfonamides is 1. The number of aryl methyl sites for hydroxylation is 1. The van der Waals surface area contributed by atoms with Gasteiger partial charge >= 0.3 is 0 Å². The molecule has 27 heavy (non-hydrogen) atoms. The summed E-state index contributed by atoms with van der Waals surface area (Å²) >= 11 is 0. The van der Waals surface area contributed by atoms with E-state index < -0.39 is 20.9 Å². The standard InChI is InChI=1S/C18H19N3O5S/c1-14-5-8-17(9-6-14)27(25,26)20-12-11-19-18(22)10-7-15-3-2-4-16(13-15)21(23)24/h2-10,13,20H,11-12H2,1H3,(H,19,22)/b10-7+. The summed E-state index contributed by atoms with van der Waals surface area (Å²) in [6, 6.07) is 12.3. The maximum absolute atomic E-state index is 12.1. The van der Waals surface area contributed by atoms with Gasteiger partial charge in [0.2, 0.25) is 15.9 Å². The van der Waals surface area contributed by atoms with E-state index in [0.29, 0.717) is 5.56 Å². The van der Waals surface area contributed by atoms with Crippen LogP contribution in [0.2, 0.25) is 0 Å². The molecule has 0 aliphatic rings. The molecule has 2 rings (SSSR count). The molecule has 0 aliphatic carbocycles. The van der Waals surface area contributed by atoms with Crippen molar-refractivity contribution >= 4 is 27.7 Å². The Morgan fingerprint density at radius 2 is 1.85 bits per heavy atom. The summed E-state index contributed by atoms with van der Waals surface area (Å²) in [6.07, 6.45) is 2.67. The van der Waals surface area contributed by atoms with E-state index in [4.69, 9.17) is 0 Å². The zero-order valence-electron chi connectivity index (χ0n) is 14.6. The molecule has 142 valence electrons. The second-order valence-electron chi connectivity index (χ2n) is 5.69. The molecular weight excluding hydrogens is 370 g/mol. The van der Waals surface area contributed by atoms with Gasteiger partial charge in [-0.05, 0) is 30.7 Å². The van der Waals surface area contributed by atoms with Crippen LogP contribution in [0.1, 0.15) is 11.1 Å². The van der Waals surface area contributed by atoms with Crippen molar-refractivity contribution in [2.75, 3.05) is 13.1 Å². The summed E-state index contributed by atoms with van der Waals surface area (Å²) in [5.41, 5.74) is 1.40. The van der Waals surface area contributed by atoms with Gasteiger partial charge in [0, 0.05) is 31.3 Å². The summed E-state index contributed by atoms with van der Waals surface area (Å²) in [6.45, 7) is 2.00. The quantitative estimate of drug-likeness (QED) is 0.310. The van der Waals surface area contributed by atoms with Crippen molar-refractivity contribution in [2.24, 2.45) is 0 Å². The first-order valence-electron chi connectivity index (χ1n) is 8.04. The summed E-state index contributed by atoms with van der Waals surface area (Å²) in [5, 5.41) is 13.2. The fourth-order valence-corrected chi connectivity index (χ4v) is 3.18. The van der Waals surface area contributed by atoms with E-state index in [1.54, 1.807) is 18.2 Å². The molecule has 0 fully saturated rings. The van der Waals surface area contributed by atoms with E-state index in [-0.39, 0.29) is 23.7 Å². The highest BCUT2D eigenvalue weighted by atomic mass is 32.2. The minimum Gasteiger partial charge on any atom is -0.351 e. The number of nitro groups is 1. The summed E-state index contributed by atoms with van der Waals surface area (Å²) in [7, 11) is -3.63. The minimum atomic E-state index is -3.63. The van der Waals surface area contributed by atoms with Crippen LogP contribution in [0.5, 0.6) is 0 Å². The second-order valence-corrected chi connectivity index (χ2v) is 7.45. The van der Waals surface area contributed by atoms with Gasteiger partial charge in [-0.25, -0.2) is 13.1 Å². The normalized spacial score (nSPS) is 11.4. The van der Waals surface area contributed by atoms with E-state index in [2.05, 4.69) is 10.0 Å². The largest absolute Gasteiger partial charge is 0.351 e. The van der Waals surface area contributed by atoms with Crippen molar-refractivity contribution in [3.05, 3.63) is 75.8 Å². The highest BCUT2D eigenvalue weighted by molar-refractivity contribution is 7.89. The zero-order chi connectivity index (χ0) is 19.9. The molecule has 0 aromatic heterocycles. The van der Waals surface area contributed by atoms with Crippen LogP contribution in [0.15, 0.2) is 59.5 Å². The van der Waals surface area contributed by atoms with Gasteiger partial charge < -0.3 is 5.32 Å². The lowest BCUT2D eigenvalue weighted by Crippen LogP contribution is -2.34. The monoisotopic (exact) mass is 389 g/mol. The fraction of sp³-hybridized carbons (Fsp3) is 0.167. The lowest BCUT2D eigenvalue weighted by Gasteiger charge is -2.07. The summed E-state index contributed by atoms with van der Waals surface area (Å²) < 4.78 is 26.6. The molecular formula is C18H19N3O5S. The molecule has 0 aliphatic heterocycles. The van der Waals surface area contributed by atoms with Crippen LogP contribution < -0.4 is 10.0 Å². The maximum atomic E-state index is 12.1. The maximum Gasteiger partial charge on any atom is 0.270 e.